The number of rotatable bonds is 6. The van der Waals surface area contributed by atoms with E-state index in [0.717, 1.165) is 25.7 Å². The molecule has 2 N–H and O–H groups in total. The van der Waals surface area contributed by atoms with Gasteiger partial charge in [0.05, 0.1) is 38.6 Å². The van der Waals surface area contributed by atoms with E-state index in [4.69, 9.17) is 19.7 Å². The quantitative estimate of drug-likeness (QED) is 0.773. The lowest BCUT2D eigenvalue weighted by atomic mass is 9.95. The van der Waals surface area contributed by atoms with Gasteiger partial charge in [-0.1, -0.05) is 27.7 Å². The molecule has 1 fully saturated rings. The van der Waals surface area contributed by atoms with E-state index in [9.17, 15) is 0 Å². The Morgan fingerprint density at radius 2 is 1.00 bits per heavy atom. The van der Waals surface area contributed by atoms with Gasteiger partial charge in [-0.05, 0) is 25.7 Å². The van der Waals surface area contributed by atoms with Crippen molar-refractivity contribution in [2.45, 2.75) is 65.6 Å². The van der Waals surface area contributed by atoms with Gasteiger partial charge < -0.3 is 19.7 Å². The third-order valence-electron chi connectivity index (χ3n) is 2.51. The Bertz CT molecular complexity index is 118. The Morgan fingerprint density at radius 3 is 1.22 bits per heavy atom. The lowest BCUT2D eigenvalue weighted by Crippen LogP contribution is -2.27. The van der Waals surface area contributed by atoms with Gasteiger partial charge in [0.2, 0.25) is 0 Å². The van der Waals surface area contributed by atoms with Crippen molar-refractivity contribution in [3.63, 3.8) is 0 Å². The Balaban J connectivity index is 0. The van der Waals surface area contributed by atoms with Gasteiger partial charge in [0, 0.05) is 0 Å². The van der Waals surface area contributed by atoms with Crippen LogP contribution in [0.25, 0.3) is 0 Å². The van der Waals surface area contributed by atoms with Crippen molar-refractivity contribution >= 4 is 0 Å². The summed E-state index contributed by atoms with van der Waals surface area (Å²) in [5, 5.41) is 17.2. The van der Waals surface area contributed by atoms with Crippen molar-refractivity contribution in [1.29, 1.82) is 0 Å². The van der Waals surface area contributed by atoms with Crippen LogP contribution in [-0.4, -0.2) is 48.8 Å². The van der Waals surface area contributed by atoms with Crippen molar-refractivity contribution in [1.82, 2.24) is 0 Å². The second-order valence-corrected chi connectivity index (χ2v) is 3.59. The standard InChI is InChI=1S/C10H20O4.2C2H6/c11-5-7-13-9-1-2-10(4-3-9)14-8-6-12;2*1-2/h9-12H,1-8H2;2*1-2H3. The van der Waals surface area contributed by atoms with Gasteiger partial charge in [0.15, 0.2) is 0 Å². The van der Waals surface area contributed by atoms with Crippen molar-refractivity contribution in [2.75, 3.05) is 26.4 Å². The maximum Gasteiger partial charge on any atom is 0.0701 e. The molecule has 0 aromatic heterocycles. The molecule has 1 aliphatic carbocycles. The van der Waals surface area contributed by atoms with E-state index < -0.39 is 0 Å². The summed E-state index contributed by atoms with van der Waals surface area (Å²) in [6.07, 6.45) is 4.56. The van der Waals surface area contributed by atoms with E-state index in [0.29, 0.717) is 13.2 Å². The van der Waals surface area contributed by atoms with Crippen LogP contribution in [0.4, 0.5) is 0 Å². The molecule has 0 aromatic rings. The Hall–Kier alpha value is -0.160. The van der Waals surface area contributed by atoms with E-state index >= 15 is 0 Å². The molecule has 1 aliphatic rings. The molecule has 0 bridgehead atoms. The first-order valence-electron chi connectivity index (χ1n) is 7.31. The molecule has 0 aromatic carbocycles. The van der Waals surface area contributed by atoms with E-state index in [-0.39, 0.29) is 25.4 Å². The van der Waals surface area contributed by atoms with Crippen LogP contribution in [0, 0.1) is 0 Å². The summed E-state index contributed by atoms with van der Waals surface area (Å²) in [5.74, 6) is 0. The molecule has 1 rings (SSSR count). The molecule has 0 radical (unpaired) electrons. The average molecular weight is 264 g/mol. The van der Waals surface area contributed by atoms with E-state index in [1.54, 1.807) is 0 Å². The minimum atomic E-state index is 0.0982. The number of ether oxygens (including phenoxy) is 2. The normalized spacial score (nSPS) is 22.3. The SMILES string of the molecule is CC.CC.OCCOC1CCC(OCCO)CC1. The van der Waals surface area contributed by atoms with Crippen molar-refractivity contribution < 1.29 is 19.7 Å². The summed E-state index contributed by atoms with van der Waals surface area (Å²) >= 11 is 0. The zero-order chi connectivity index (χ0) is 14.2. The topological polar surface area (TPSA) is 58.9 Å². The van der Waals surface area contributed by atoms with Crippen molar-refractivity contribution in [3.05, 3.63) is 0 Å². The molecule has 18 heavy (non-hydrogen) atoms. The number of hydrogen-bond donors (Lipinski definition) is 2. The highest BCUT2D eigenvalue weighted by Crippen LogP contribution is 2.23. The minimum absolute atomic E-state index is 0.0982. The van der Waals surface area contributed by atoms with Gasteiger partial charge in [-0.3, -0.25) is 0 Å². The van der Waals surface area contributed by atoms with Gasteiger partial charge in [-0.15, -0.1) is 0 Å². The van der Waals surface area contributed by atoms with Crippen LogP contribution in [0.2, 0.25) is 0 Å². The molecule has 0 heterocycles. The Morgan fingerprint density at radius 1 is 0.722 bits per heavy atom. The highest BCUT2D eigenvalue weighted by molar-refractivity contribution is 4.73. The van der Waals surface area contributed by atoms with Crippen LogP contribution in [-0.2, 0) is 9.47 Å². The molecule has 1 saturated carbocycles. The van der Waals surface area contributed by atoms with Crippen molar-refractivity contribution in [2.24, 2.45) is 0 Å². The van der Waals surface area contributed by atoms with Crippen LogP contribution in [0.3, 0.4) is 0 Å². The molecule has 0 amide bonds. The molecular formula is C14H32O4. The van der Waals surface area contributed by atoms with Gasteiger partial charge in [0.1, 0.15) is 0 Å². The van der Waals surface area contributed by atoms with Gasteiger partial charge in [-0.2, -0.15) is 0 Å². The highest BCUT2D eigenvalue weighted by atomic mass is 16.5. The summed E-state index contributed by atoms with van der Waals surface area (Å²) in [4.78, 5) is 0. The molecular weight excluding hydrogens is 232 g/mol. The molecule has 4 nitrogen and oxygen atoms in total. The van der Waals surface area contributed by atoms with Crippen molar-refractivity contribution in [3.8, 4) is 0 Å². The van der Waals surface area contributed by atoms with Gasteiger partial charge >= 0.3 is 0 Å². The maximum atomic E-state index is 8.59. The molecule has 0 aliphatic heterocycles. The fraction of sp³-hybridized carbons (Fsp3) is 1.00. The highest BCUT2D eigenvalue weighted by Gasteiger charge is 2.21. The first-order valence-corrected chi connectivity index (χ1v) is 7.31. The molecule has 112 valence electrons. The maximum absolute atomic E-state index is 8.59. The minimum Gasteiger partial charge on any atom is -0.394 e. The van der Waals surface area contributed by atoms with Crippen LogP contribution in [0.5, 0.6) is 0 Å². The smallest absolute Gasteiger partial charge is 0.0701 e. The number of aliphatic hydroxyl groups is 2. The predicted octanol–water partition coefficient (Wildman–Crippen LogP) is 2.37. The number of aliphatic hydroxyl groups excluding tert-OH is 2. The Labute approximate surface area is 112 Å². The fourth-order valence-electron chi connectivity index (χ4n) is 1.80. The summed E-state index contributed by atoms with van der Waals surface area (Å²) in [5.41, 5.74) is 0. The van der Waals surface area contributed by atoms with Gasteiger partial charge in [-0.25, -0.2) is 0 Å². The molecule has 0 saturated heterocycles. The zero-order valence-corrected chi connectivity index (χ0v) is 12.5. The van der Waals surface area contributed by atoms with Crippen LogP contribution in [0.1, 0.15) is 53.4 Å². The summed E-state index contributed by atoms with van der Waals surface area (Å²) in [6, 6.07) is 0. The largest absolute Gasteiger partial charge is 0.394 e. The van der Waals surface area contributed by atoms with Gasteiger partial charge in [0.25, 0.3) is 0 Å². The third-order valence-corrected chi connectivity index (χ3v) is 2.51. The van der Waals surface area contributed by atoms with Crippen LogP contribution in [0.15, 0.2) is 0 Å². The Kier molecular flexibility index (Phi) is 18.9. The predicted molar refractivity (Wildman–Crippen MR) is 74.8 cm³/mol. The summed E-state index contributed by atoms with van der Waals surface area (Å²) in [7, 11) is 0. The second kappa shape index (κ2) is 16.8. The van der Waals surface area contributed by atoms with E-state index in [2.05, 4.69) is 0 Å². The molecule has 0 spiro atoms. The van der Waals surface area contributed by atoms with E-state index in [1.807, 2.05) is 27.7 Å². The first-order chi connectivity index (χ1) is 8.86. The zero-order valence-electron chi connectivity index (χ0n) is 12.5. The van der Waals surface area contributed by atoms with E-state index in [1.165, 1.54) is 0 Å². The second-order valence-electron chi connectivity index (χ2n) is 3.59. The fourth-order valence-corrected chi connectivity index (χ4v) is 1.80. The summed E-state index contributed by atoms with van der Waals surface area (Å²) < 4.78 is 10.9. The molecule has 0 atom stereocenters. The lowest BCUT2D eigenvalue weighted by molar-refractivity contribution is -0.0442. The molecule has 4 heteroatoms. The monoisotopic (exact) mass is 264 g/mol. The lowest BCUT2D eigenvalue weighted by Gasteiger charge is -2.28. The first kappa shape index (κ1) is 20.2. The summed E-state index contributed by atoms with van der Waals surface area (Å²) in [6.45, 7) is 9.07. The van der Waals surface area contributed by atoms with Crippen LogP contribution < -0.4 is 0 Å². The number of hydrogen-bond acceptors (Lipinski definition) is 4. The van der Waals surface area contributed by atoms with Crippen LogP contribution >= 0.6 is 0 Å². The molecule has 0 unspecified atom stereocenters. The average Bonchev–Trinajstić information content (AvgIpc) is 2.48. The third kappa shape index (κ3) is 11.0.